The monoisotopic (exact) mass is 240 g/mol. The van der Waals surface area contributed by atoms with E-state index in [2.05, 4.69) is 15.6 Å². The van der Waals surface area contributed by atoms with E-state index in [1.165, 1.54) is 11.3 Å². The zero-order valence-electron chi connectivity index (χ0n) is 7.83. The third kappa shape index (κ3) is 1.49. The molecule has 1 saturated heterocycles. The van der Waals surface area contributed by atoms with Crippen molar-refractivity contribution in [2.75, 3.05) is 18.4 Å². The van der Waals surface area contributed by atoms with Crippen LogP contribution in [0.25, 0.3) is 0 Å². The number of aromatic nitrogens is 1. The van der Waals surface area contributed by atoms with Gasteiger partial charge in [0.1, 0.15) is 10.9 Å². The highest BCUT2D eigenvalue weighted by Crippen LogP contribution is 2.44. The predicted molar refractivity (Wildman–Crippen MR) is 59.1 cm³/mol. The number of halogens is 1. The lowest BCUT2D eigenvalue weighted by Gasteiger charge is -2.04. The second-order valence-electron chi connectivity index (χ2n) is 3.91. The predicted octanol–water partition coefficient (Wildman–Crippen LogP) is 1.30. The Kier molecular flexibility index (Phi) is 2.09. The maximum absolute atomic E-state index is 8.74. The third-order valence-corrected chi connectivity index (χ3v) is 4.35. The molecule has 2 atom stereocenters. The fourth-order valence-corrected chi connectivity index (χ4v) is 3.20. The Labute approximate surface area is 96.3 Å². The minimum absolute atomic E-state index is 0.314. The Morgan fingerprint density at radius 3 is 2.87 bits per heavy atom. The summed E-state index contributed by atoms with van der Waals surface area (Å²) >= 11 is 7.12. The first-order valence-electron chi connectivity index (χ1n) is 4.83. The summed E-state index contributed by atoms with van der Waals surface area (Å²) in [5.74, 6) is 1.47. The summed E-state index contributed by atoms with van der Waals surface area (Å²) in [7, 11) is 0. The van der Waals surface area contributed by atoms with Gasteiger partial charge in [-0.25, -0.2) is 4.98 Å². The number of thiazole rings is 1. The fourth-order valence-electron chi connectivity index (χ4n) is 2.21. The van der Waals surface area contributed by atoms with Crippen LogP contribution >= 0.6 is 22.9 Å². The lowest BCUT2D eigenvalue weighted by atomic mass is 10.4. The van der Waals surface area contributed by atoms with Crippen LogP contribution in [0.4, 0.5) is 5.13 Å². The van der Waals surface area contributed by atoms with Gasteiger partial charge in [-0.2, -0.15) is 5.26 Å². The van der Waals surface area contributed by atoms with Gasteiger partial charge >= 0.3 is 0 Å². The molecule has 1 aromatic heterocycles. The molecule has 6 heteroatoms. The van der Waals surface area contributed by atoms with E-state index >= 15 is 0 Å². The van der Waals surface area contributed by atoms with E-state index in [1.807, 2.05) is 6.07 Å². The summed E-state index contributed by atoms with van der Waals surface area (Å²) in [5, 5.41) is 16.5. The molecular weight excluding hydrogens is 232 g/mol. The fraction of sp³-hybridized carbons (Fsp3) is 0.556. The molecule has 0 radical (unpaired) electrons. The molecule has 2 fully saturated rings. The number of hydrogen-bond donors (Lipinski definition) is 2. The van der Waals surface area contributed by atoms with E-state index in [-0.39, 0.29) is 0 Å². The lowest BCUT2D eigenvalue weighted by molar-refractivity contribution is 0.696. The van der Waals surface area contributed by atoms with Crippen LogP contribution in [0, 0.1) is 23.2 Å². The Hall–Kier alpha value is -0.830. The summed E-state index contributed by atoms with van der Waals surface area (Å²) in [4.78, 5) is 4.61. The van der Waals surface area contributed by atoms with Crippen molar-refractivity contribution < 1.29 is 0 Å². The van der Waals surface area contributed by atoms with Gasteiger partial charge in [0.05, 0.1) is 0 Å². The van der Waals surface area contributed by atoms with Gasteiger partial charge in [-0.05, 0) is 11.8 Å². The number of piperidine rings is 1. The van der Waals surface area contributed by atoms with Gasteiger partial charge in [0.2, 0.25) is 0 Å². The molecule has 2 unspecified atom stereocenters. The highest BCUT2D eigenvalue weighted by atomic mass is 35.5. The van der Waals surface area contributed by atoms with Crippen LogP contribution in [0.1, 0.15) is 4.88 Å². The van der Waals surface area contributed by atoms with Crippen LogP contribution in [-0.2, 0) is 0 Å². The molecule has 0 bridgehead atoms. The van der Waals surface area contributed by atoms with Crippen LogP contribution in [0.5, 0.6) is 0 Å². The normalized spacial score (nSPS) is 32.1. The molecule has 78 valence electrons. The highest BCUT2D eigenvalue weighted by Gasteiger charge is 2.53. The quantitative estimate of drug-likeness (QED) is 0.818. The molecule has 3 rings (SSSR count). The van der Waals surface area contributed by atoms with Crippen molar-refractivity contribution in [2.24, 2.45) is 11.8 Å². The second-order valence-corrected chi connectivity index (χ2v) is 5.26. The molecule has 2 aliphatic rings. The molecule has 1 saturated carbocycles. The van der Waals surface area contributed by atoms with Gasteiger partial charge < -0.3 is 10.6 Å². The van der Waals surface area contributed by atoms with E-state index < -0.39 is 0 Å². The highest BCUT2D eigenvalue weighted by molar-refractivity contribution is 7.16. The maximum Gasteiger partial charge on any atom is 0.185 e. The molecule has 0 amide bonds. The van der Waals surface area contributed by atoms with Crippen LogP contribution in [0.15, 0.2) is 0 Å². The number of hydrogen-bond acceptors (Lipinski definition) is 5. The average Bonchev–Trinajstić information content (AvgIpc) is 2.66. The molecule has 15 heavy (non-hydrogen) atoms. The van der Waals surface area contributed by atoms with Crippen molar-refractivity contribution in [3.05, 3.63) is 10.0 Å². The maximum atomic E-state index is 8.74. The second kappa shape index (κ2) is 3.34. The van der Waals surface area contributed by atoms with E-state index in [9.17, 15) is 0 Å². The number of nitrogens with zero attached hydrogens (tertiary/aromatic N) is 2. The van der Waals surface area contributed by atoms with Crippen molar-refractivity contribution in [1.29, 1.82) is 5.26 Å². The van der Waals surface area contributed by atoms with Crippen LogP contribution < -0.4 is 10.6 Å². The number of nitrogens with one attached hydrogen (secondary N) is 2. The largest absolute Gasteiger partial charge is 0.358 e. The molecule has 4 nitrogen and oxygen atoms in total. The zero-order chi connectivity index (χ0) is 10.4. The van der Waals surface area contributed by atoms with Crippen molar-refractivity contribution in [3.63, 3.8) is 0 Å². The van der Waals surface area contributed by atoms with Crippen LogP contribution in [-0.4, -0.2) is 24.1 Å². The Morgan fingerprint density at radius 2 is 2.27 bits per heavy atom. The van der Waals surface area contributed by atoms with Gasteiger partial charge in [0, 0.05) is 19.1 Å². The van der Waals surface area contributed by atoms with Gasteiger partial charge in [0.15, 0.2) is 10.3 Å². The van der Waals surface area contributed by atoms with Crippen molar-refractivity contribution in [3.8, 4) is 6.07 Å². The van der Waals surface area contributed by atoms with E-state index in [1.54, 1.807) is 0 Å². The summed E-state index contributed by atoms with van der Waals surface area (Å²) < 4.78 is 0. The number of rotatable bonds is 2. The van der Waals surface area contributed by atoms with Crippen molar-refractivity contribution in [2.45, 2.75) is 6.04 Å². The minimum Gasteiger partial charge on any atom is -0.358 e. The summed E-state index contributed by atoms with van der Waals surface area (Å²) in [6.07, 6.45) is 0. The molecule has 1 aromatic rings. The van der Waals surface area contributed by atoms with Gasteiger partial charge in [-0.3, -0.25) is 0 Å². The van der Waals surface area contributed by atoms with E-state index in [4.69, 9.17) is 16.9 Å². The topological polar surface area (TPSA) is 60.7 Å². The van der Waals surface area contributed by atoms with E-state index in [0.29, 0.717) is 16.1 Å². The summed E-state index contributed by atoms with van der Waals surface area (Å²) in [6.45, 7) is 2.18. The van der Waals surface area contributed by atoms with Gasteiger partial charge in [-0.1, -0.05) is 22.9 Å². The molecule has 0 spiro atoms. The van der Waals surface area contributed by atoms with Crippen molar-refractivity contribution in [1.82, 2.24) is 10.3 Å². The molecule has 1 aliphatic heterocycles. The number of anilines is 1. The minimum atomic E-state index is 0.314. The first-order valence-corrected chi connectivity index (χ1v) is 6.02. The van der Waals surface area contributed by atoms with E-state index in [0.717, 1.165) is 30.1 Å². The molecular formula is C9H9ClN4S. The number of nitriles is 1. The smallest absolute Gasteiger partial charge is 0.185 e. The van der Waals surface area contributed by atoms with Crippen LogP contribution in [0.2, 0.25) is 5.15 Å². The lowest BCUT2D eigenvalue weighted by Crippen LogP contribution is -2.21. The van der Waals surface area contributed by atoms with Crippen molar-refractivity contribution >= 4 is 28.1 Å². The molecule has 2 N–H and O–H groups in total. The molecule has 1 aliphatic carbocycles. The van der Waals surface area contributed by atoms with Gasteiger partial charge in [0.25, 0.3) is 0 Å². The standard InChI is InChI=1S/C9H9ClN4S/c10-8-6(1-11)15-9(14-8)13-7-4-2-12-3-5(4)7/h4-5,7,12H,2-3H2,(H,13,14). The first-order chi connectivity index (χ1) is 7.29. The molecule has 2 heterocycles. The zero-order valence-corrected chi connectivity index (χ0v) is 9.40. The average molecular weight is 241 g/mol. The Morgan fingerprint density at radius 1 is 1.53 bits per heavy atom. The third-order valence-electron chi connectivity index (χ3n) is 3.07. The Balaban J connectivity index is 1.71. The Bertz CT molecular complexity index is 428. The van der Waals surface area contributed by atoms with Crippen LogP contribution in [0.3, 0.4) is 0 Å². The first kappa shape index (κ1) is 9.40. The summed E-state index contributed by atoms with van der Waals surface area (Å²) in [6, 6.07) is 2.56. The summed E-state index contributed by atoms with van der Waals surface area (Å²) in [5.41, 5.74) is 0. The molecule has 0 aromatic carbocycles. The van der Waals surface area contributed by atoms with Gasteiger partial charge in [-0.15, -0.1) is 0 Å². The number of fused-ring (bicyclic) bond motifs is 1. The SMILES string of the molecule is N#Cc1sc(NC2C3CNCC32)nc1Cl.